The van der Waals surface area contributed by atoms with E-state index in [1.54, 1.807) is 12.1 Å². The van der Waals surface area contributed by atoms with Gasteiger partial charge in [0.25, 0.3) is 0 Å². The fourth-order valence-corrected chi connectivity index (χ4v) is 4.25. The molecule has 0 bridgehead atoms. The van der Waals surface area contributed by atoms with Crippen molar-refractivity contribution < 1.29 is 9.18 Å². The highest BCUT2D eigenvalue weighted by molar-refractivity contribution is 5.93. The van der Waals surface area contributed by atoms with Crippen LogP contribution in [0.25, 0.3) is 0 Å². The van der Waals surface area contributed by atoms with Crippen LogP contribution in [0, 0.1) is 25.1 Å². The van der Waals surface area contributed by atoms with Crippen molar-refractivity contribution in [1.82, 2.24) is 15.1 Å². The van der Waals surface area contributed by atoms with Crippen LogP contribution < -0.4 is 5.32 Å². The molecular formula is C21H28FN3O. The Kier molecular flexibility index (Phi) is 4.67. The van der Waals surface area contributed by atoms with Gasteiger partial charge in [0.15, 0.2) is 0 Å². The molecule has 1 saturated carbocycles. The van der Waals surface area contributed by atoms with Crippen LogP contribution in [0.3, 0.4) is 0 Å². The van der Waals surface area contributed by atoms with Gasteiger partial charge >= 0.3 is 0 Å². The number of hydrogen-bond donors (Lipinski definition) is 1. The topological polar surface area (TPSA) is 46.9 Å². The molecular weight excluding hydrogens is 329 g/mol. The molecule has 0 radical (unpaired) electrons. The molecule has 0 spiro atoms. The van der Waals surface area contributed by atoms with Gasteiger partial charge in [0.05, 0.1) is 17.7 Å². The van der Waals surface area contributed by atoms with Gasteiger partial charge in [-0.05, 0) is 55.4 Å². The van der Waals surface area contributed by atoms with Gasteiger partial charge in [0, 0.05) is 12.2 Å². The summed E-state index contributed by atoms with van der Waals surface area (Å²) in [6, 6.07) is 6.33. The van der Waals surface area contributed by atoms with Crippen molar-refractivity contribution >= 4 is 5.91 Å². The van der Waals surface area contributed by atoms with E-state index in [0.29, 0.717) is 13.1 Å². The summed E-state index contributed by atoms with van der Waals surface area (Å²) in [4.78, 5) is 13.0. The van der Waals surface area contributed by atoms with Gasteiger partial charge in [-0.3, -0.25) is 9.48 Å². The smallest absolute Gasteiger partial charge is 0.231 e. The Hall–Kier alpha value is -2.17. The highest BCUT2D eigenvalue weighted by Crippen LogP contribution is 2.64. The molecule has 2 aromatic rings. The minimum absolute atomic E-state index is 0.0198. The van der Waals surface area contributed by atoms with E-state index in [9.17, 15) is 9.18 Å². The number of nitrogens with zero attached hydrogens (tertiary/aromatic N) is 2. The summed E-state index contributed by atoms with van der Waals surface area (Å²) in [6.45, 7) is 11.6. The highest BCUT2D eigenvalue weighted by Gasteiger charge is 2.66. The van der Waals surface area contributed by atoms with Crippen LogP contribution in [0.15, 0.2) is 24.3 Å². The molecule has 0 unspecified atom stereocenters. The van der Waals surface area contributed by atoms with Crippen molar-refractivity contribution in [1.29, 1.82) is 0 Å². The van der Waals surface area contributed by atoms with E-state index < -0.39 is 5.41 Å². The summed E-state index contributed by atoms with van der Waals surface area (Å²) >= 11 is 0. The maximum atomic E-state index is 13.3. The first-order chi connectivity index (χ1) is 12.2. The molecule has 0 saturated heterocycles. The monoisotopic (exact) mass is 357 g/mol. The van der Waals surface area contributed by atoms with E-state index in [1.807, 2.05) is 11.6 Å². The Bertz CT molecular complexity index is 823. The first-order valence-electron chi connectivity index (χ1n) is 9.30. The average molecular weight is 357 g/mol. The summed E-state index contributed by atoms with van der Waals surface area (Å²) in [5.74, 6) is -0.259. The van der Waals surface area contributed by atoms with E-state index in [-0.39, 0.29) is 17.1 Å². The number of aryl methyl sites for hydroxylation is 1. The maximum absolute atomic E-state index is 13.3. The second-order valence-corrected chi connectivity index (χ2v) is 7.95. The number of carbonyl (C=O) groups is 1. The van der Waals surface area contributed by atoms with E-state index in [0.717, 1.165) is 24.1 Å². The first kappa shape index (κ1) is 18.6. The molecule has 26 heavy (non-hydrogen) atoms. The zero-order chi connectivity index (χ0) is 19.1. The predicted octanol–water partition coefficient (Wildman–Crippen LogP) is 3.69. The average Bonchev–Trinajstić information content (AvgIpc) is 3.07. The van der Waals surface area contributed by atoms with Gasteiger partial charge in [0.1, 0.15) is 5.82 Å². The second kappa shape index (κ2) is 6.53. The molecule has 1 heterocycles. The molecule has 1 aliphatic carbocycles. The lowest BCUT2D eigenvalue weighted by Crippen LogP contribution is -2.39. The highest BCUT2D eigenvalue weighted by atomic mass is 19.1. The quantitative estimate of drug-likeness (QED) is 0.857. The summed E-state index contributed by atoms with van der Waals surface area (Å²) < 4.78 is 15.2. The van der Waals surface area contributed by atoms with E-state index >= 15 is 0 Å². The SMILES string of the molecule is CCc1c(C)nn(CCNC(=O)[C@]2(c3ccc(F)cc3)CC2(C)C)c1C. The fraction of sp³-hybridized carbons (Fsp3) is 0.524. The van der Waals surface area contributed by atoms with Crippen LogP contribution in [0.4, 0.5) is 4.39 Å². The lowest BCUT2D eigenvalue weighted by atomic mass is 9.87. The lowest BCUT2D eigenvalue weighted by Gasteiger charge is -2.21. The van der Waals surface area contributed by atoms with Gasteiger partial charge in [-0.15, -0.1) is 0 Å². The van der Waals surface area contributed by atoms with E-state index in [1.165, 1.54) is 23.4 Å². The summed E-state index contributed by atoms with van der Waals surface area (Å²) in [6.07, 6.45) is 1.74. The minimum Gasteiger partial charge on any atom is -0.353 e. The number of amides is 1. The van der Waals surface area contributed by atoms with Gasteiger partial charge < -0.3 is 5.32 Å². The molecule has 0 aliphatic heterocycles. The van der Waals surface area contributed by atoms with Crippen LogP contribution in [0.2, 0.25) is 0 Å². The molecule has 1 atom stereocenters. The molecule has 1 fully saturated rings. The van der Waals surface area contributed by atoms with Crippen molar-refractivity contribution in [2.24, 2.45) is 5.41 Å². The number of hydrogen-bond acceptors (Lipinski definition) is 2. The molecule has 1 aliphatic rings. The second-order valence-electron chi connectivity index (χ2n) is 7.95. The first-order valence-corrected chi connectivity index (χ1v) is 9.30. The number of carbonyl (C=O) groups excluding carboxylic acids is 1. The molecule has 3 rings (SSSR count). The normalized spacial score (nSPS) is 20.8. The zero-order valence-electron chi connectivity index (χ0n) is 16.3. The maximum Gasteiger partial charge on any atom is 0.231 e. The Balaban J connectivity index is 1.70. The number of nitrogens with one attached hydrogen (secondary N) is 1. The minimum atomic E-state index is -0.565. The van der Waals surface area contributed by atoms with Crippen molar-refractivity contribution in [2.75, 3.05) is 6.54 Å². The molecule has 1 N–H and O–H groups in total. The summed E-state index contributed by atoms with van der Waals surface area (Å²) in [5, 5.41) is 7.66. The number of rotatable bonds is 6. The van der Waals surface area contributed by atoms with Crippen molar-refractivity contribution in [2.45, 2.75) is 59.4 Å². The van der Waals surface area contributed by atoms with Gasteiger partial charge in [-0.1, -0.05) is 32.9 Å². The van der Waals surface area contributed by atoms with Gasteiger partial charge in [0.2, 0.25) is 5.91 Å². The molecule has 1 aromatic heterocycles. The van der Waals surface area contributed by atoms with Gasteiger partial charge in [-0.2, -0.15) is 5.10 Å². The van der Waals surface area contributed by atoms with Crippen molar-refractivity contribution in [3.63, 3.8) is 0 Å². The van der Waals surface area contributed by atoms with Crippen LogP contribution in [-0.2, 0) is 23.2 Å². The van der Waals surface area contributed by atoms with Crippen LogP contribution in [-0.4, -0.2) is 22.2 Å². The molecule has 140 valence electrons. The Morgan fingerprint density at radius 1 is 1.27 bits per heavy atom. The third kappa shape index (κ3) is 2.93. The number of aromatic nitrogens is 2. The van der Waals surface area contributed by atoms with Gasteiger partial charge in [-0.25, -0.2) is 4.39 Å². The summed E-state index contributed by atoms with van der Waals surface area (Å²) in [7, 11) is 0. The number of halogens is 1. The van der Waals surface area contributed by atoms with Crippen LogP contribution in [0.1, 0.15) is 49.7 Å². The molecule has 1 aromatic carbocycles. The van der Waals surface area contributed by atoms with E-state index in [2.05, 4.69) is 38.1 Å². The number of benzene rings is 1. The summed E-state index contributed by atoms with van der Waals surface area (Å²) in [5.41, 5.74) is 3.71. The zero-order valence-corrected chi connectivity index (χ0v) is 16.3. The van der Waals surface area contributed by atoms with Crippen molar-refractivity contribution in [3.05, 3.63) is 52.6 Å². The standard InChI is InChI=1S/C21H28FN3O/c1-6-18-14(2)24-25(15(18)3)12-11-23-19(26)21(13-20(21,4)5)16-7-9-17(22)10-8-16/h7-10H,6,11-13H2,1-5H3,(H,23,26)/t21-/m1/s1. The molecule has 1 amide bonds. The Labute approximate surface area is 154 Å². The Morgan fingerprint density at radius 2 is 1.88 bits per heavy atom. The van der Waals surface area contributed by atoms with E-state index in [4.69, 9.17) is 0 Å². The molecule has 5 heteroatoms. The van der Waals surface area contributed by atoms with Crippen molar-refractivity contribution in [3.8, 4) is 0 Å². The molecule has 4 nitrogen and oxygen atoms in total. The van der Waals surface area contributed by atoms with Crippen LogP contribution >= 0.6 is 0 Å². The largest absolute Gasteiger partial charge is 0.353 e. The third-order valence-electron chi connectivity index (χ3n) is 5.96. The fourth-order valence-electron chi connectivity index (χ4n) is 4.25. The third-order valence-corrected chi connectivity index (χ3v) is 5.96. The predicted molar refractivity (Wildman–Crippen MR) is 101 cm³/mol. The Morgan fingerprint density at radius 3 is 2.38 bits per heavy atom. The lowest BCUT2D eigenvalue weighted by molar-refractivity contribution is -0.124. The van der Waals surface area contributed by atoms with Crippen LogP contribution in [0.5, 0.6) is 0 Å².